The van der Waals surface area contributed by atoms with E-state index in [1.54, 1.807) is 43.9 Å². The van der Waals surface area contributed by atoms with Crippen LogP contribution < -0.4 is 10.0 Å². The van der Waals surface area contributed by atoms with E-state index in [9.17, 15) is 18.0 Å². The van der Waals surface area contributed by atoms with Crippen LogP contribution in [0.3, 0.4) is 0 Å². The van der Waals surface area contributed by atoms with E-state index in [2.05, 4.69) is 20.2 Å². The van der Waals surface area contributed by atoms with Gasteiger partial charge in [-0.25, -0.2) is 0 Å². The summed E-state index contributed by atoms with van der Waals surface area (Å²) in [5.41, 5.74) is -0.193. The fourth-order valence-corrected chi connectivity index (χ4v) is 4.67. The number of para-hydroxylation sites is 1. The Morgan fingerprint density at radius 2 is 1.76 bits per heavy atom. The average molecular weight is 438 g/mol. The van der Waals surface area contributed by atoms with Crippen molar-refractivity contribution < 1.29 is 18.0 Å². The smallest absolute Gasteiger partial charge is 0.291 e. The SMILES string of the molecule is CC(C)(C)C(=O)Nc1nnc(S(=O)(=O)Nc2ccccc2C(=O)N2CCCC2)s1. The molecule has 1 aromatic heterocycles. The van der Waals surface area contributed by atoms with Crippen LogP contribution in [0, 0.1) is 5.41 Å². The van der Waals surface area contributed by atoms with E-state index < -0.39 is 15.4 Å². The number of nitrogens with zero attached hydrogens (tertiary/aromatic N) is 3. The van der Waals surface area contributed by atoms with Gasteiger partial charge in [-0.15, -0.1) is 10.2 Å². The van der Waals surface area contributed by atoms with Crippen LogP contribution >= 0.6 is 11.3 Å². The van der Waals surface area contributed by atoms with Gasteiger partial charge in [-0.05, 0) is 25.0 Å². The lowest BCUT2D eigenvalue weighted by Gasteiger charge is -2.18. The van der Waals surface area contributed by atoms with Gasteiger partial charge >= 0.3 is 0 Å². The molecule has 0 bridgehead atoms. The molecule has 156 valence electrons. The van der Waals surface area contributed by atoms with Crippen LogP contribution in [0.1, 0.15) is 44.0 Å². The second-order valence-electron chi connectivity index (χ2n) is 7.73. The van der Waals surface area contributed by atoms with E-state index >= 15 is 0 Å². The van der Waals surface area contributed by atoms with Crippen LogP contribution in [-0.4, -0.2) is 48.4 Å². The minimum absolute atomic E-state index is 0.0896. The van der Waals surface area contributed by atoms with Crippen LogP contribution in [0.15, 0.2) is 28.6 Å². The van der Waals surface area contributed by atoms with Crippen LogP contribution in [0.5, 0.6) is 0 Å². The Labute approximate surface area is 173 Å². The molecule has 1 fully saturated rings. The number of likely N-dealkylation sites (tertiary alicyclic amines) is 1. The van der Waals surface area contributed by atoms with Gasteiger partial charge in [-0.1, -0.05) is 44.2 Å². The van der Waals surface area contributed by atoms with Crippen molar-refractivity contribution in [3.8, 4) is 0 Å². The number of nitrogens with one attached hydrogen (secondary N) is 2. The summed E-state index contributed by atoms with van der Waals surface area (Å²) in [6, 6.07) is 6.46. The molecular formula is C18H23N5O4S2. The first-order chi connectivity index (χ1) is 13.6. The van der Waals surface area contributed by atoms with Crippen LogP contribution in [-0.2, 0) is 14.8 Å². The number of carbonyl (C=O) groups excluding carboxylic acids is 2. The van der Waals surface area contributed by atoms with Gasteiger partial charge in [0.2, 0.25) is 11.0 Å². The quantitative estimate of drug-likeness (QED) is 0.694. The molecule has 3 rings (SSSR count). The topological polar surface area (TPSA) is 121 Å². The monoisotopic (exact) mass is 437 g/mol. The number of amides is 2. The van der Waals surface area contributed by atoms with Crippen molar-refractivity contribution in [1.29, 1.82) is 0 Å². The maximum Gasteiger partial charge on any atom is 0.291 e. The molecule has 0 atom stereocenters. The number of aromatic nitrogens is 2. The summed E-state index contributed by atoms with van der Waals surface area (Å²) in [5, 5.41) is 10.1. The van der Waals surface area contributed by atoms with E-state index in [1.165, 1.54) is 6.07 Å². The van der Waals surface area contributed by atoms with Crippen molar-refractivity contribution >= 4 is 44.0 Å². The van der Waals surface area contributed by atoms with Gasteiger partial charge in [0.15, 0.2) is 0 Å². The predicted molar refractivity (Wildman–Crippen MR) is 110 cm³/mol. The molecule has 2 aromatic rings. The predicted octanol–water partition coefficient (Wildman–Crippen LogP) is 2.56. The highest BCUT2D eigenvalue weighted by Crippen LogP contribution is 2.27. The van der Waals surface area contributed by atoms with Gasteiger partial charge < -0.3 is 10.2 Å². The highest BCUT2D eigenvalue weighted by Gasteiger charge is 2.27. The van der Waals surface area contributed by atoms with Crippen molar-refractivity contribution in [1.82, 2.24) is 15.1 Å². The number of anilines is 2. The first kappa shape index (κ1) is 21.2. The van der Waals surface area contributed by atoms with Crippen LogP contribution in [0.4, 0.5) is 10.8 Å². The maximum atomic E-state index is 12.8. The average Bonchev–Trinajstić information content (AvgIpc) is 3.33. The second kappa shape index (κ2) is 8.07. The second-order valence-corrected chi connectivity index (χ2v) is 10.6. The molecule has 11 heteroatoms. The summed E-state index contributed by atoms with van der Waals surface area (Å²) in [5.74, 6) is -0.511. The largest absolute Gasteiger partial charge is 0.339 e. The highest BCUT2D eigenvalue weighted by molar-refractivity contribution is 7.94. The molecule has 9 nitrogen and oxygen atoms in total. The number of sulfonamides is 1. The molecule has 0 aliphatic carbocycles. The van der Waals surface area contributed by atoms with E-state index in [4.69, 9.17) is 0 Å². The van der Waals surface area contributed by atoms with Gasteiger partial charge in [0, 0.05) is 18.5 Å². The Bertz CT molecular complexity index is 1020. The van der Waals surface area contributed by atoms with Crippen LogP contribution in [0.25, 0.3) is 0 Å². The van der Waals surface area contributed by atoms with Crippen molar-refractivity contribution in [2.75, 3.05) is 23.1 Å². The van der Waals surface area contributed by atoms with Gasteiger partial charge in [-0.2, -0.15) is 8.42 Å². The zero-order chi connectivity index (χ0) is 21.2. The molecule has 2 heterocycles. The number of hydrogen-bond donors (Lipinski definition) is 2. The summed E-state index contributed by atoms with van der Waals surface area (Å²) in [6.07, 6.45) is 1.88. The lowest BCUT2D eigenvalue weighted by Crippen LogP contribution is -2.28. The van der Waals surface area contributed by atoms with Gasteiger partial charge in [-0.3, -0.25) is 14.3 Å². The van der Waals surface area contributed by atoms with Crippen molar-refractivity contribution in [3.05, 3.63) is 29.8 Å². The summed E-state index contributed by atoms with van der Waals surface area (Å²) < 4.78 is 27.6. The van der Waals surface area contributed by atoms with E-state index in [0.717, 1.165) is 24.2 Å². The number of hydrogen-bond acceptors (Lipinski definition) is 7. The Morgan fingerprint density at radius 3 is 2.41 bits per heavy atom. The standard InChI is InChI=1S/C18H23N5O4S2/c1-18(2,3)15(25)19-16-20-21-17(28-16)29(26,27)22-13-9-5-4-8-12(13)14(24)23-10-6-7-11-23/h4-5,8-9,22H,6-7,10-11H2,1-3H3,(H,19,20,25). The van der Waals surface area contributed by atoms with E-state index in [0.29, 0.717) is 13.1 Å². The lowest BCUT2D eigenvalue weighted by molar-refractivity contribution is -0.123. The molecule has 1 saturated heterocycles. The summed E-state index contributed by atoms with van der Waals surface area (Å²) in [4.78, 5) is 26.5. The normalized spacial score (nSPS) is 14.7. The first-order valence-corrected chi connectivity index (χ1v) is 11.4. The van der Waals surface area contributed by atoms with Gasteiger partial charge in [0.25, 0.3) is 20.3 Å². The fraction of sp³-hybridized carbons (Fsp3) is 0.444. The van der Waals surface area contributed by atoms with Gasteiger partial charge in [0.05, 0.1) is 11.3 Å². The molecule has 1 aromatic carbocycles. The molecule has 0 unspecified atom stereocenters. The number of benzene rings is 1. The summed E-state index contributed by atoms with van der Waals surface area (Å²) in [6.45, 7) is 6.52. The zero-order valence-electron chi connectivity index (χ0n) is 16.4. The Hall–Kier alpha value is -2.53. The molecular weight excluding hydrogens is 414 g/mol. The Kier molecular flexibility index (Phi) is 5.90. The van der Waals surface area contributed by atoms with Crippen molar-refractivity contribution in [3.63, 3.8) is 0 Å². The number of carbonyl (C=O) groups is 2. The minimum atomic E-state index is -4.07. The molecule has 29 heavy (non-hydrogen) atoms. The number of rotatable bonds is 5. The Balaban J connectivity index is 1.80. The van der Waals surface area contributed by atoms with Crippen molar-refractivity contribution in [2.24, 2.45) is 5.41 Å². The molecule has 0 spiro atoms. The van der Waals surface area contributed by atoms with Crippen LogP contribution in [0.2, 0.25) is 0 Å². The third-order valence-corrected chi connectivity index (χ3v) is 6.90. The van der Waals surface area contributed by atoms with Crippen molar-refractivity contribution in [2.45, 2.75) is 38.0 Å². The molecule has 1 aliphatic rings. The first-order valence-electron chi connectivity index (χ1n) is 9.14. The fourth-order valence-electron chi connectivity index (χ4n) is 2.69. The summed E-state index contributed by atoms with van der Waals surface area (Å²) >= 11 is 0.743. The molecule has 0 saturated carbocycles. The summed E-state index contributed by atoms with van der Waals surface area (Å²) in [7, 11) is -4.07. The highest BCUT2D eigenvalue weighted by atomic mass is 32.2. The molecule has 1 aliphatic heterocycles. The Morgan fingerprint density at radius 1 is 1.10 bits per heavy atom. The van der Waals surface area contributed by atoms with E-state index in [-0.39, 0.29) is 32.5 Å². The van der Waals surface area contributed by atoms with Gasteiger partial charge in [0.1, 0.15) is 0 Å². The third-order valence-electron chi connectivity index (χ3n) is 4.33. The molecule has 2 amide bonds. The zero-order valence-corrected chi connectivity index (χ0v) is 18.1. The third kappa shape index (κ3) is 4.91. The molecule has 0 radical (unpaired) electrons. The maximum absolute atomic E-state index is 12.8. The minimum Gasteiger partial charge on any atom is -0.339 e. The lowest BCUT2D eigenvalue weighted by atomic mass is 9.96. The molecule has 2 N–H and O–H groups in total. The van der Waals surface area contributed by atoms with E-state index in [1.807, 2.05) is 0 Å².